The summed E-state index contributed by atoms with van der Waals surface area (Å²) in [7, 11) is 0. The number of Topliss-reactive ketones (excluding diaryl/α,β-unsaturated/α-hetero) is 1. The molecule has 0 saturated carbocycles. The molecule has 0 spiro atoms. The minimum absolute atomic E-state index is 0.0528. The van der Waals surface area contributed by atoms with E-state index in [4.69, 9.17) is 4.74 Å². The van der Waals surface area contributed by atoms with Crippen molar-refractivity contribution in [1.82, 2.24) is 0 Å². The van der Waals surface area contributed by atoms with Gasteiger partial charge in [-0.1, -0.05) is 53.5 Å². The molecule has 2 aromatic carbocycles. The monoisotopic (exact) mass is 404 g/mol. The summed E-state index contributed by atoms with van der Waals surface area (Å²) in [5.41, 5.74) is 3.47. The van der Waals surface area contributed by atoms with Gasteiger partial charge < -0.3 is 9.84 Å². The third-order valence-electron chi connectivity index (χ3n) is 4.14. The number of alkyl halides is 1. The summed E-state index contributed by atoms with van der Waals surface area (Å²) in [4.78, 5) is 11.6. The fourth-order valence-electron chi connectivity index (χ4n) is 2.76. The van der Waals surface area contributed by atoms with Crippen LogP contribution in [0.5, 0.6) is 11.5 Å². The first kappa shape index (κ1) is 19.5. The fourth-order valence-corrected chi connectivity index (χ4v) is 3.04. The normalized spacial score (nSPS) is 10.7. The number of halogens is 1. The largest absolute Gasteiger partial charge is 0.507 e. The van der Waals surface area contributed by atoms with Crippen LogP contribution in [0.25, 0.3) is 0 Å². The summed E-state index contributed by atoms with van der Waals surface area (Å²) in [6, 6.07) is 11.8. The van der Waals surface area contributed by atoms with E-state index in [2.05, 4.69) is 40.2 Å². The van der Waals surface area contributed by atoms with Gasteiger partial charge in [-0.3, -0.25) is 4.79 Å². The van der Waals surface area contributed by atoms with Crippen LogP contribution in [0.1, 0.15) is 53.7 Å². The molecule has 3 nitrogen and oxygen atoms in total. The zero-order valence-corrected chi connectivity index (χ0v) is 16.4. The third-order valence-corrected chi connectivity index (χ3v) is 4.70. The molecular weight excluding hydrogens is 380 g/mol. The zero-order chi connectivity index (χ0) is 18.2. The van der Waals surface area contributed by atoms with Gasteiger partial charge in [0.1, 0.15) is 18.1 Å². The SMILES string of the molecule is CCCc1c(OCc2ccc(CCCBr)cc2)ccc(C(C)=O)c1O. The van der Waals surface area contributed by atoms with Gasteiger partial charge in [0, 0.05) is 10.9 Å². The molecule has 2 rings (SSSR count). The van der Waals surface area contributed by atoms with Crippen molar-refractivity contribution in [2.75, 3.05) is 5.33 Å². The van der Waals surface area contributed by atoms with E-state index in [0.29, 0.717) is 29.9 Å². The summed E-state index contributed by atoms with van der Waals surface area (Å²) in [6.07, 6.45) is 3.73. The molecule has 0 aromatic heterocycles. The number of phenols is 1. The van der Waals surface area contributed by atoms with Gasteiger partial charge in [0.15, 0.2) is 5.78 Å². The van der Waals surface area contributed by atoms with Gasteiger partial charge in [-0.2, -0.15) is 0 Å². The topological polar surface area (TPSA) is 46.5 Å². The highest BCUT2D eigenvalue weighted by atomic mass is 79.9. The summed E-state index contributed by atoms with van der Waals surface area (Å²) in [6.45, 7) is 3.94. The lowest BCUT2D eigenvalue weighted by Gasteiger charge is -2.15. The molecule has 0 radical (unpaired) electrons. The van der Waals surface area contributed by atoms with Crippen LogP contribution in [0.2, 0.25) is 0 Å². The van der Waals surface area contributed by atoms with E-state index >= 15 is 0 Å². The minimum atomic E-state index is -0.138. The molecule has 0 atom stereocenters. The van der Waals surface area contributed by atoms with Crippen molar-refractivity contribution in [3.05, 3.63) is 58.7 Å². The second kappa shape index (κ2) is 9.62. The Morgan fingerprint density at radius 2 is 1.76 bits per heavy atom. The van der Waals surface area contributed by atoms with Crippen molar-refractivity contribution in [2.45, 2.75) is 46.1 Å². The molecule has 1 N–H and O–H groups in total. The van der Waals surface area contributed by atoms with Crippen molar-refractivity contribution >= 4 is 21.7 Å². The quantitative estimate of drug-likeness (QED) is 0.446. The predicted molar refractivity (Wildman–Crippen MR) is 105 cm³/mol. The van der Waals surface area contributed by atoms with Crippen molar-refractivity contribution in [3.63, 3.8) is 0 Å². The fraction of sp³-hybridized carbons (Fsp3) is 0.381. The van der Waals surface area contributed by atoms with Gasteiger partial charge in [0.25, 0.3) is 0 Å². The van der Waals surface area contributed by atoms with Crippen molar-refractivity contribution in [2.24, 2.45) is 0 Å². The summed E-state index contributed by atoms with van der Waals surface area (Å²) in [5, 5.41) is 11.4. The number of benzene rings is 2. The predicted octanol–water partition coefficient (Wildman–Crippen LogP) is 5.45. The number of hydrogen-bond acceptors (Lipinski definition) is 3. The minimum Gasteiger partial charge on any atom is -0.507 e. The van der Waals surface area contributed by atoms with E-state index in [9.17, 15) is 9.90 Å². The molecule has 0 aliphatic carbocycles. The number of aromatic hydroxyl groups is 1. The number of phenolic OH excluding ortho intramolecular Hbond substituents is 1. The lowest BCUT2D eigenvalue weighted by atomic mass is 10.0. The first-order valence-electron chi connectivity index (χ1n) is 8.69. The second-order valence-electron chi connectivity index (χ2n) is 6.14. The van der Waals surface area contributed by atoms with Crippen LogP contribution in [0, 0.1) is 0 Å². The van der Waals surface area contributed by atoms with E-state index in [0.717, 1.165) is 30.2 Å². The average molecular weight is 405 g/mol. The molecule has 134 valence electrons. The van der Waals surface area contributed by atoms with Crippen molar-refractivity contribution in [3.8, 4) is 11.5 Å². The van der Waals surface area contributed by atoms with Gasteiger partial charge in [-0.15, -0.1) is 0 Å². The highest BCUT2D eigenvalue weighted by Gasteiger charge is 2.15. The number of carbonyl (C=O) groups excluding carboxylic acids is 1. The number of ketones is 1. The number of ether oxygens (including phenoxy) is 1. The molecule has 0 fully saturated rings. The molecule has 0 heterocycles. The summed E-state index contributed by atoms with van der Waals surface area (Å²) in [5.74, 6) is 0.560. The van der Waals surface area contributed by atoms with Gasteiger partial charge in [-0.05, 0) is 49.4 Å². The van der Waals surface area contributed by atoms with Crippen LogP contribution in [0.3, 0.4) is 0 Å². The highest BCUT2D eigenvalue weighted by Crippen LogP contribution is 2.33. The van der Waals surface area contributed by atoms with Crippen LogP contribution in [-0.2, 0) is 19.4 Å². The van der Waals surface area contributed by atoms with E-state index in [1.165, 1.54) is 12.5 Å². The number of carbonyl (C=O) groups is 1. The highest BCUT2D eigenvalue weighted by molar-refractivity contribution is 9.09. The molecule has 2 aromatic rings. The van der Waals surface area contributed by atoms with Gasteiger partial charge in [0.05, 0.1) is 5.56 Å². The molecule has 0 unspecified atom stereocenters. The Balaban J connectivity index is 2.11. The lowest BCUT2D eigenvalue weighted by molar-refractivity contribution is 0.101. The molecule has 25 heavy (non-hydrogen) atoms. The maximum atomic E-state index is 11.6. The van der Waals surface area contributed by atoms with E-state index in [1.807, 2.05) is 6.92 Å². The van der Waals surface area contributed by atoms with Crippen molar-refractivity contribution < 1.29 is 14.6 Å². The Morgan fingerprint density at radius 3 is 2.36 bits per heavy atom. The first-order chi connectivity index (χ1) is 12.1. The molecule has 0 aliphatic heterocycles. The summed E-state index contributed by atoms with van der Waals surface area (Å²) < 4.78 is 5.93. The first-order valence-corrected chi connectivity index (χ1v) is 9.81. The molecule has 0 amide bonds. The maximum absolute atomic E-state index is 11.6. The van der Waals surface area contributed by atoms with E-state index < -0.39 is 0 Å². The average Bonchev–Trinajstić information content (AvgIpc) is 2.61. The third kappa shape index (κ3) is 5.33. The van der Waals surface area contributed by atoms with Crippen LogP contribution >= 0.6 is 15.9 Å². The Morgan fingerprint density at radius 1 is 1.08 bits per heavy atom. The molecule has 0 bridgehead atoms. The number of hydrogen-bond donors (Lipinski definition) is 1. The number of aryl methyl sites for hydroxylation is 1. The Hall–Kier alpha value is -1.81. The van der Waals surface area contributed by atoms with Gasteiger partial charge in [-0.25, -0.2) is 0 Å². The molecule has 0 saturated heterocycles. The maximum Gasteiger partial charge on any atom is 0.163 e. The van der Waals surface area contributed by atoms with Crippen LogP contribution < -0.4 is 4.74 Å². The van der Waals surface area contributed by atoms with Crippen LogP contribution in [-0.4, -0.2) is 16.2 Å². The Bertz CT molecular complexity index is 708. The molecule has 0 aliphatic rings. The van der Waals surface area contributed by atoms with E-state index in [1.54, 1.807) is 12.1 Å². The van der Waals surface area contributed by atoms with Crippen LogP contribution in [0.15, 0.2) is 36.4 Å². The Kier molecular flexibility index (Phi) is 7.51. The zero-order valence-electron chi connectivity index (χ0n) is 14.8. The van der Waals surface area contributed by atoms with Gasteiger partial charge >= 0.3 is 0 Å². The molecule has 4 heteroatoms. The van der Waals surface area contributed by atoms with Gasteiger partial charge in [0.2, 0.25) is 0 Å². The molecular formula is C21H25BrO3. The van der Waals surface area contributed by atoms with E-state index in [-0.39, 0.29) is 11.5 Å². The van der Waals surface area contributed by atoms with Crippen molar-refractivity contribution in [1.29, 1.82) is 0 Å². The Labute approximate surface area is 158 Å². The lowest BCUT2D eigenvalue weighted by Crippen LogP contribution is -2.02. The van der Waals surface area contributed by atoms with Crippen LogP contribution in [0.4, 0.5) is 0 Å². The standard InChI is InChI=1S/C21H25BrO3/c1-3-5-19-20(12-11-18(15(2)23)21(19)24)25-14-17-9-7-16(8-10-17)6-4-13-22/h7-12,24H,3-6,13-14H2,1-2H3. The second-order valence-corrected chi connectivity index (χ2v) is 6.94. The summed E-state index contributed by atoms with van der Waals surface area (Å²) >= 11 is 3.45. The number of rotatable bonds is 9. The smallest absolute Gasteiger partial charge is 0.163 e.